The van der Waals surface area contributed by atoms with Crippen LogP contribution in [-0.4, -0.2) is 26.2 Å². The van der Waals surface area contributed by atoms with Crippen LogP contribution >= 0.6 is 0 Å². The summed E-state index contributed by atoms with van der Waals surface area (Å²) in [5.74, 6) is 0.750. The van der Waals surface area contributed by atoms with E-state index in [9.17, 15) is 0 Å². The summed E-state index contributed by atoms with van der Waals surface area (Å²) in [5, 5.41) is 3.10. The summed E-state index contributed by atoms with van der Waals surface area (Å²) >= 11 is 0. The minimum absolute atomic E-state index is 0.750. The van der Waals surface area contributed by atoms with Crippen LogP contribution in [-0.2, 0) is 4.84 Å². The fourth-order valence-electron chi connectivity index (χ4n) is 0.855. The zero-order valence-electron chi connectivity index (χ0n) is 6.18. The number of aliphatic imine (C=N–C) groups is 1. The molecule has 0 aliphatic carbocycles. The lowest BCUT2D eigenvalue weighted by molar-refractivity contribution is 0.141. The molecule has 0 aromatic rings. The van der Waals surface area contributed by atoms with Crippen LogP contribution in [0.15, 0.2) is 4.99 Å². The van der Waals surface area contributed by atoms with Crippen LogP contribution < -0.4 is 10.8 Å². The van der Waals surface area contributed by atoms with E-state index >= 15 is 0 Å². The number of hydrogen-bond donors (Lipinski definition) is 2. The Morgan fingerprint density at radius 3 is 3.30 bits per heavy atom. The van der Waals surface area contributed by atoms with Gasteiger partial charge in [-0.15, -0.1) is 0 Å². The molecule has 0 fully saturated rings. The molecule has 0 saturated carbocycles. The van der Waals surface area contributed by atoms with Crippen molar-refractivity contribution in [3.05, 3.63) is 0 Å². The van der Waals surface area contributed by atoms with Crippen LogP contribution in [0, 0.1) is 0 Å². The highest BCUT2D eigenvalue weighted by atomic mass is 16.6. The van der Waals surface area contributed by atoms with E-state index in [-0.39, 0.29) is 0 Å². The number of rotatable bonds is 1. The molecule has 2 N–H and O–H groups in total. The molecule has 0 bridgehead atoms. The van der Waals surface area contributed by atoms with Gasteiger partial charge in [0.05, 0.1) is 7.11 Å². The third-order valence-electron chi connectivity index (χ3n) is 1.35. The third kappa shape index (κ3) is 2.23. The van der Waals surface area contributed by atoms with Gasteiger partial charge >= 0.3 is 0 Å². The van der Waals surface area contributed by atoms with Gasteiger partial charge in [0.2, 0.25) is 5.96 Å². The second kappa shape index (κ2) is 4.11. The van der Waals surface area contributed by atoms with E-state index in [1.807, 2.05) is 0 Å². The van der Waals surface area contributed by atoms with Crippen LogP contribution in [0.25, 0.3) is 0 Å². The third-order valence-corrected chi connectivity index (χ3v) is 1.35. The first-order valence-corrected chi connectivity index (χ1v) is 3.51. The van der Waals surface area contributed by atoms with Crippen LogP contribution in [0.1, 0.15) is 12.8 Å². The summed E-state index contributed by atoms with van der Waals surface area (Å²) in [6, 6.07) is 0. The van der Waals surface area contributed by atoms with Gasteiger partial charge in [0.25, 0.3) is 0 Å². The first-order chi connectivity index (χ1) is 4.93. The maximum Gasteiger partial charge on any atom is 0.215 e. The quantitative estimate of drug-likeness (QED) is 0.503. The summed E-state index contributed by atoms with van der Waals surface area (Å²) in [4.78, 5) is 8.88. The molecule has 0 saturated heterocycles. The first-order valence-electron chi connectivity index (χ1n) is 3.51. The summed E-state index contributed by atoms with van der Waals surface area (Å²) in [6.45, 7) is 1.87. The first kappa shape index (κ1) is 7.34. The van der Waals surface area contributed by atoms with Gasteiger partial charge in [-0.1, -0.05) is 0 Å². The fourth-order valence-corrected chi connectivity index (χ4v) is 0.855. The average Bonchev–Trinajstić information content (AvgIpc) is 2.17. The molecule has 0 radical (unpaired) electrons. The predicted octanol–water partition coefficient (Wildman–Crippen LogP) is -0.123. The number of nitrogens with zero attached hydrogens (tertiary/aromatic N) is 1. The number of hydroxylamine groups is 1. The second-order valence-electron chi connectivity index (χ2n) is 2.17. The number of guanidine groups is 1. The summed E-state index contributed by atoms with van der Waals surface area (Å²) in [6.07, 6.45) is 2.33. The lowest BCUT2D eigenvalue weighted by Gasteiger charge is -2.05. The molecule has 1 aliphatic rings. The Hall–Kier alpha value is -0.770. The molecule has 4 nitrogen and oxygen atoms in total. The largest absolute Gasteiger partial charge is 0.355 e. The zero-order valence-corrected chi connectivity index (χ0v) is 6.18. The molecule has 1 aliphatic heterocycles. The highest BCUT2D eigenvalue weighted by molar-refractivity contribution is 5.78. The Labute approximate surface area is 60.6 Å². The van der Waals surface area contributed by atoms with Crippen molar-refractivity contribution in [3.63, 3.8) is 0 Å². The van der Waals surface area contributed by atoms with Crippen LogP contribution in [0.4, 0.5) is 0 Å². The molecule has 0 amide bonds. The fraction of sp³-hybridized carbons (Fsp3) is 0.833. The molecule has 0 aromatic heterocycles. The van der Waals surface area contributed by atoms with Gasteiger partial charge in [0, 0.05) is 13.1 Å². The second-order valence-corrected chi connectivity index (χ2v) is 2.17. The molecule has 10 heavy (non-hydrogen) atoms. The van der Waals surface area contributed by atoms with Gasteiger partial charge in [-0.2, -0.15) is 0 Å². The van der Waals surface area contributed by atoms with Crippen molar-refractivity contribution in [2.75, 3.05) is 20.2 Å². The van der Waals surface area contributed by atoms with Gasteiger partial charge in [-0.05, 0) is 12.8 Å². The normalized spacial score (nSPS) is 18.7. The molecule has 0 spiro atoms. The average molecular weight is 143 g/mol. The minimum Gasteiger partial charge on any atom is -0.355 e. The van der Waals surface area contributed by atoms with Crippen molar-refractivity contribution >= 4 is 5.96 Å². The standard InChI is InChI=1S/C6H13N3O/c1-10-9-6-7-4-2-3-5-8-6/h2-5H2,1H3,(H2,7,8,9). The topological polar surface area (TPSA) is 45.6 Å². The Morgan fingerprint density at radius 2 is 2.50 bits per heavy atom. The molecular formula is C6H13N3O. The van der Waals surface area contributed by atoms with Gasteiger partial charge < -0.3 is 5.32 Å². The maximum absolute atomic E-state index is 4.69. The van der Waals surface area contributed by atoms with E-state index in [0.717, 1.165) is 25.5 Å². The molecule has 0 atom stereocenters. The van der Waals surface area contributed by atoms with Crippen molar-refractivity contribution < 1.29 is 4.84 Å². The van der Waals surface area contributed by atoms with E-state index in [1.54, 1.807) is 7.11 Å². The van der Waals surface area contributed by atoms with Crippen LogP contribution in [0.5, 0.6) is 0 Å². The number of hydrogen-bond acceptors (Lipinski definition) is 4. The SMILES string of the molecule is CONC1=NCCCCN1. The van der Waals surface area contributed by atoms with E-state index in [1.165, 1.54) is 6.42 Å². The van der Waals surface area contributed by atoms with E-state index in [4.69, 9.17) is 4.84 Å². The summed E-state index contributed by atoms with van der Waals surface area (Å²) in [7, 11) is 1.58. The number of nitrogens with one attached hydrogen (secondary N) is 2. The van der Waals surface area contributed by atoms with Gasteiger partial charge in [0.15, 0.2) is 0 Å². The van der Waals surface area contributed by atoms with Crippen molar-refractivity contribution in [2.45, 2.75) is 12.8 Å². The molecule has 1 heterocycles. The smallest absolute Gasteiger partial charge is 0.215 e. The summed E-state index contributed by atoms with van der Waals surface area (Å²) in [5.41, 5.74) is 2.66. The molecule has 0 unspecified atom stereocenters. The van der Waals surface area contributed by atoms with Crippen molar-refractivity contribution in [1.82, 2.24) is 10.8 Å². The molecule has 58 valence electrons. The van der Waals surface area contributed by atoms with Crippen LogP contribution in [0.3, 0.4) is 0 Å². The molecule has 0 aromatic carbocycles. The summed E-state index contributed by atoms with van der Waals surface area (Å²) < 4.78 is 0. The van der Waals surface area contributed by atoms with Gasteiger partial charge in [-0.3, -0.25) is 9.83 Å². The van der Waals surface area contributed by atoms with Crippen molar-refractivity contribution in [3.8, 4) is 0 Å². The van der Waals surface area contributed by atoms with Gasteiger partial charge in [0.1, 0.15) is 0 Å². The predicted molar refractivity (Wildman–Crippen MR) is 39.7 cm³/mol. The van der Waals surface area contributed by atoms with E-state index in [2.05, 4.69) is 15.8 Å². The lowest BCUT2D eigenvalue weighted by Crippen LogP contribution is -2.36. The highest BCUT2D eigenvalue weighted by Crippen LogP contribution is 1.91. The van der Waals surface area contributed by atoms with Crippen molar-refractivity contribution in [2.24, 2.45) is 4.99 Å². The van der Waals surface area contributed by atoms with Gasteiger partial charge in [-0.25, -0.2) is 5.48 Å². The Kier molecular flexibility index (Phi) is 3.02. The Balaban J connectivity index is 2.31. The highest BCUT2D eigenvalue weighted by Gasteiger charge is 1.99. The lowest BCUT2D eigenvalue weighted by atomic mass is 10.3. The minimum atomic E-state index is 0.750. The zero-order chi connectivity index (χ0) is 7.23. The molecule has 4 heteroatoms. The van der Waals surface area contributed by atoms with E-state index in [0.29, 0.717) is 0 Å². The molecular weight excluding hydrogens is 130 g/mol. The van der Waals surface area contributed by atoms with E-state index < -0.39 is 0 Å². The maximum atomic E-state index is 4.69. The van der Waals surface area contributed by atoms with Crippen molar-refractivity contribution in [1.29, 1.82) is 0 Å². The van der Waals surface area contributed by atoms with Crippen LogP contribution in [0.2, 0.25) is 0 Å². The Bertz CT molecular complexity index is 124. The molecule has 1 rings (SSSR count). The Morgan fingerprint density at radius 1 is 1.60 bits per heavy atom. The monoisotopic (exact) mass is 143 g/mol.